The van der Waals surface area contributed by atoms with E-state index >= 15 is 0 Å². The molecule has 1 aromatic rings. The maximum Gasteiger partial charge on any atom is 0.324 e. The van der Waals surface area contributed by atoms with E-state index in [1.54, 1.807) is 6.07 Å². The second-order valence-electron chi connectivity index (χ2n) is 7.39. The molecule has 7 heteroatoms. The largest absolute Gasteiger partial charge is 0.339 e. The van der Waals surface area contributed by atoms with Gasteiger partial charge in [-0.2, -0.15) is 0 Å². The first-order valence-electron chi connectivity index (χ1n) is 9.29. The molecule has 138 valence electrons. The standard InChI is InChI=1S/C19H24N4O3/c24-17-11-21-19(26)23(17)12-13-2-1-3-14(8-13)18(25)22-6-4-15-9-20-10-16(15)5-7-22/h1-3,8,15-16,20H,4-7,9-12H2,(H,21,26)/t15-,16+. The average molecular weight is 356 g/mol. The number of nitrogens with zero attached hydrogens (tertiary/aromatic N) is 2. The molecule has 2 atom stereocenters. The molecule has 2 N–H and O–H groups in total. The van der Waals surface area contributed by atoms with Gasteiger partial charge in [0.2, 0.25) is 5.91 Å². The maximum absolute atomic E-state index is 12.9. The predicted octanol–water partition coefficient (Wildman–Crippen LogP) is 0.810. The summed E-state index contributed by atoms with van der Waals surface area (Å²) in [5.41, 5.74) is 1.41. The molecule has 0 saturated carbocycles. The summed E-state index contributed by atoms with van der Waals surface area (Å²) in [6, 6.07) is 6.89. The van der Waals surface area contributed by atoms with Crippen LogP contribution in [0.25, 0.3) is 0 Å². The van der Waals surface area contributed by atoms with E-state index in [1.807, 2.05) is 23.1 Å². The highest BCUT2D eigenvalue weighted by Gasteiger charge is 2.32. The Hall–Kier alpha value is -2.41. The highest BCUT2D eigenvalue weighted by Crippen LogP contribution is 2.27. The molecule has 0 bridgehead atoms. The topological polar surface area (TPSA) is 81.8 Å². The second-order valence-corrected chi connectivity index (χ2v) is 7.39. The third-order valence-corrected chi connectivity index (χ3v) is 5.76. The number of hydrogen-bond donors (Lipinski definition) is 2. The van der Waals surface area contributed by atoms with Crippen LogP contribution in [-0.4, -0.2) is 60.4 Å². The van der Waals surface area contributed by atoms with E-state index in [0.29, 0.717) is 17.4 Å². The molecule has 0 aromatic heterocycles. The molecule has 3 aliphatic rings. The van der Waals surface area contributed by atoms with Crippen LogP contribution >= 0.6 is 0 Å². The van der Waals surface area contributed by atoms with Crippen LogP contribution in [0.15, 0.2) is 24.3 Å². The smallest absolute Gasteiger partial charge is 0.324 e. The Kier molecular flexibility index (Phi) is 4.63. The lowest BCUT2D eigenvalue weighted by Crippen LogP contribution is -2.33. The molecule has 7 nitrogen and oxygen atoms in total. The first-order chi connectivity index (χ1) is 12.6. The molecule has 4 rings (SSSR count). The molecule has 4 amide bonds. The minimum Gasteiger partial charge on any atom is -0.339 e. The highest BCUT2D eigenvalue weighted by molar-refractivity contribution is 6.02. The number of amides is 4. The van der Waals surface area contributed by atoms with Gasteiger partial charge in [-0.25, -0.2) is 4.79 Å². The van der Waals surface area contributed by atoms with Crippen molar-refractivity contribution in [1.29, 1.82) is 0 Å². The fourth-order valence-electron chi connectivity index (χ4n) is 4.20. The summed E-state index contributed by atoms with van der Waals surface area (Å²) in [6.07, 6.45) is 2.09. The summed E-state index contributed by atoms with van der Waals surface area (Å²) >= 11 is 0. The van der Waals surface area contributed by atoms with Crippen LogP contribution in [0.2, 0.25) is 0 Å². The zero-order valence-electron chi connectivity index (χ0n) is 14.7. The van der Waals surface area contributed by atoms with E-state index in [1.165, 1.54) is 4.90 Å². The van der Waals surface area contributed by atoms with E-state index in [2.05, 4.69) is 10.6 Å². The van der Waals surface area contributed by atoms with Gasteiger partial charge in [0, 0.05) is 18.7 Å². The van der Waals surface area contributed by atoms with Crippen LogP contribution in [-0.2, 0) is 11.3 Å². The summed E-state index contributed by atoms with van der Waals surface area (Å²) in [5.74, 6) is 1.16. The molecule has 3 heterocycles. The SMILES string of the molecule is O=C(c1cccc(CN2C(=O)CNC2=O)c1)N1CC[C@@H]2CNC[C@@H]2CC1. The Bertz CT molecular complexity index is 705. The number of carbonyl (C=O) groups excluding carboxylic acids is 3. The lowest BCUT2D eigenvalue weighted by molar-refractivity contribution is -0.125. The third kappa shape index (κ3) is 3.31. The van der Waals surface area contributed by atoms with Crippen molar-refractivity contribution in [3.8, 4) is 0 Å². The van der Waals surface area contributed by atoms with Gasteiger partial charge in [-0.3, -0.25) is 14.5 Å². The van der Waals surface area contributed by atoms with Crippen LogP contribution in [0.3, 0.4) is 0 Å². The normalized spacial score (nSPS) is 25.8. The van der Waals surface area contributed by atoms with E-state index in [4.69, 9.17) is 0 Å². The molecular formula is C19H24N4O3. The van der Waals surface area contributed by atoms with Crippen molar-refractivity contribution in [1.82, 2.24) is 20.4 Å². The molecule has 0 unspecified atom stereocenters. The van der Waals surface area contributed by atoms with E-state index in [-0.39, 0.29) is 30.9 Å². The first kappa shape index (κ1) is 17.0. The minimum absolute atomic E-state index is 0.0389. The van der Waals surface area contributed by atoms with Crippen molar-refractivity contribution >= 4 is 17.8 Å². The van der Waals surface area contributed by atoms with E-state index < -0.39 is 0 Å². The van der Waals surface area contributed by atoms with Gasteiger partial charge in [-0.15, -0.1) is 0 Å². The number of carbonyl (C=O) groups is 3. The summed E-state index contributed by atoms with van der Waals surface area (Å²) < 4.78 is 0. The van der Waals surface area contributed by atoms with Crippen LogP contribution in [0, 0.1) is 11.8 Å². The van der Waals surface area contributed by atoms with Crippen LogP contribution in [0.4, 0.5) is 4.79 Å². The maximum atomic E-state index is 12.9. The van der Waals surface area contributed by atoms with E-state index in [9.17, 15) is 14.4 Å². The number of urea groups is 1. The van der Waals surface area contributed by atoms with Crippen LogP contribution in [0.1, 0.15) is 28.8 Å². The zero-order chi connectivity index (χ0) is 18.1. The average Bonchev–Trinajstić information content (AvgIpc) is 3.16. The third-order valence-electron chi connectivity index (χ3n) is 5.76. The van der Waals surface area contributed by atoms with Gasteiger partial charge >= 0.3 is 6.03 Å². The number of imide groups is 1. The van der Waals surface area contributed by atoms with Crippen molar-refractivity contribution in [2.45, 2.75) is 19.4 Å². The number of benzene rings is 1. The Morgan fingerprint density at radius 2 is 1.85 bits per heavy atom. The summed E-state index contributed by atoms with van der Waals surface area (Å²) in [7, 11) is 0. The first-order valence-corrected chi connectivity index (χ1v) is 9.29. The van der Waals surface area contributed by atoms with Gasteiger partial charge in [-0.05, 0) is 55.5 Å². The summed E-state index contributed by atoms with van der Waals surface area (Å²) in [4.78, 5) is 39.5. The van der Waals surface area contributed by atoms with Gasteiger partial charge in [0.15, 0.2) is 0 Å². The van der Waals surface area contributed by atoms with Crippen molar-refractivity contribution in [3.63, 3.8) is 0 Å². The van der Waals surface area contributed by atoms with Gasteiger partial charge in [0.05, 0.1) is 13.1 Å². The van der Waals surface area contributed by atoms with Crippen molar-refractivity contribution in [3.05, 3.63) is 35.4 Å². The Morgan fingerprint density at radius 1 is 1.12 bits per heavy atom. The monoisotopic (exact) mass is 356 g/mol. The quantitative estimate of drug-likeness (QED) is 0.786. The molecule has 26 heavy (non-hydrogen) atoms. The molecule has 3 fully saturated rings. The van der Waals surface area contributed by atoms with Gasteiger partial charge < -0.3 is 15.5 Å². The van der Waals surface area contributed by atoms with Crippen LogP contribution in [0.5, 0.6) is 0 Å². The Morgan fingerprint density at radius 3 is 2.50 bits per heavy atom. The molecule has 1 aromatic carbocycles. The lowest BCUT2D eigenvalue weighted by atomic mass is 9.92. The van der Waals surface area contributed by atoms with Crippen molar-refractivity contribution in [2.75, 3.05) is 32.7 Å². The lowest BCUT2D eigenvalue weighted by Gasteiger charge is -2.21. The molecule has 3 saturated heterocycles. The fraction of sp³-hybridized carbons (Fsp3) is 0.526. The van der Waals surface area contributed by atoms with E-state index in [0.717, 1.165) is 44.6 Å². The Labute approximate surface area is 152 Å². The number of rotatable bonds is 3. The van der Waals surface area contributed by atoms with Gasteiger partial charge in [-0.1, -0.05) is 12.1 Å². The molecule has 0 radical (unpaired) electrons. The fourth-order valence-corrected chi connectivity index (χ4v) is 4.20. The second kappa shape index (κ2) is 7.07. The van der Waals surface area contributed by atoms with Crippen LogP contribution < -0.4 is 10.6 Å². The summed E-state index contributed by atoms with van der Waals surface area (Å²) in [5, 5.41) is 5.96. The molecule has 3 aliphatic heterocycles. The molecular weight excluding hydrogens is 332 g/mol. The minimum atomic E-state index is -0.376. The number of fused-ring (bicyclic) bond motifs is 1. The van der Waals surface area contributed by atoms with Gasteiger partial charge in [0.1, 0.15) is 0 Å². The zero-order valence-corrected chi connectivity index (χ0v) is 14.7. The number of likely N-dealkylation sites (tertiary alicyclic amines) is 1. The van der Waals surface area contributed by atoms with Crippen molar-refractivity contribution < 1.29 is 14.4 Å². The Balaban J connectivity index is 1.45. The molecule has 0 spiro atoms. The number of nitrogens with one attached hydrogen (secondary N) is 2. The number of hydrogen-bond acceptors (Lipinski definition) is 4. The predicted molar refractivity (Wildman–Crippen MR) is 95.4 cm³/mol. The summed E-state index contributed by atoms with van der Waals surface area (Å²) in [6.45, 7) is 3.95. The van der Waals surface area contributed by atoms with Gasteiger partial charge in [0.25, 0.3) is 5.91 Å². The van der Waals surface area contributed by atoms with Crippen molar-refractivity contribution in [2.24, 2.45) is 11.8 Å². The molecule has 0 aliphatic carbocycles. The highest BCUT2D eigenvalue weighted by atomic mass is 16.2.